The fourth-order valence-electron chi connectivity index (χ4n) is 5.74. The quantitative estimate of drug-likeness (QED) is 0.207. The second-order valence-electron chi connectivity index (χ2n) is 17.4. The molecule has 0 spiro atoms. The van der Waals surface area contributed by atoms with Crippen LogP contribution in [0.1, 0.15) is 73.8 Å². The highest BCUT2D eigenvalue weighted by Crippen LogP contribution is 2.13. The molecule has 0 aliphatic heterocycles. The van der Waals surface area contributed by atoms with E-state index in [0.717, 1.165) is 66.0 Å². The molecule has 8 aromatic heterocycles. The molecule has 27 heteroatoms. The van der Waals surface area contributed by atoms with Crippen molar-refractivity contribution in [2.75, 3.05) is 49.4 Å². The zero-order chi connectivity index (χ0) is 55.7. The Hall–Kier alpha value is -6.84. The summed E-state index contributed by atoms with van der Waals surface area (Å²) in [4.78, 5) is 36.9. The van der Waals surface area contributed by atoms with Gasteiger partial charge in [0.15, 0.2) is 11.5 Å². The summed E-state index contributed by atoms with van der Waals surface area (Å²) in [6.45, 7) is 18.5. The van der Waals surface area contributed by atoms with Crippen LogP contribution in [0.25, 0.3) is 0 Å². The van der Waals surface area contributed by atoms with E-state index in [1.165, 1.54) is 30.4 Å². The van der Waals surface area contributed by atoms with E-state index in [-0.39, 0.29) is 0 Å². The van der Waals surface area contributed by atoms with Gasteiger partial charge in [-0.05, 0) is 126 Å². The Morgan fingerprint density at radius 2 is 1.15 bits per heavy atom. The first-order chi connectivity index (χ1) is 34.0. The molecule has 0 atom stereocenters. The molecule has 8 aromatic rings. The largest absolute Gasteiger partial charge is 0.464 e. The van der Waals surface area contributed by atoms with E-state index in [9.17, 15) is 4.79 Å². The number of aromatic nitrogens is 21. The first-order valence-corrected chi connectivity index (χ1v) is 23.7. The summed E-state index contributed by atoms with van der Waals surface area (Å²) in [6, 6.07) is 3.71. The molecular formula is C46H81BrN24O2. The lowest BCUT2D eigenvalue weighted by Gasteiger charge is -2.09. The maximum Gasteiger partial charge on any atom is 0.358 e. The second-order valence-corrected chi connectivity index (χ2v) is 18.1. The van der Waals surface area contributed by atoms with Crippen LogP contribution in [0.2, 0.25) is 0 Å². The van der Waals surface area contributed by atoms with Crippen molar-refractivity contribution >= 4 is 21.9 Å². The van der Waals surface area contributed by atoms with E-state index in [1.54, 1.807) is 60.1 Å². The fourth-order valence-corrected chi connectivity index (χ4v) is 6.08. The first-order valence-electron chi connectivity index (χ1n) is 22.9. The third-order valence-electron chi connectivity index (χ3n) is 9.61. The molecule has 8 heterocycles. The Labute approximate surface area is 439 Å². The molecule has 0 aliphatic rings. The monoisotopic (exact) mass is 1080 g/mol. The van der Waals surface area contributed by atoms with Gasteiger partial charge in [0.05, 0.1) is 30.7 Å². The zero-order valence-electron chi connectivity index (χ0n) is 47.5. The van der Waals surface area contributed by atoms with E-state index in [2.05, 4.69) is 149 Å². The maximum absolute atomic E-state index is 10.7. The van der Waals surface area contributed by atoms with Gasteiger partial charge < -0.3 is 19.4 Å². The average molecular weight is 1080 g/mol. The van der Waals surface area contributed by atoms with Crippen LogP contribution in [0.15, 0.2) is 42.0 Å². The van der Waals surface area contributed by atoms with E-state index >= 15 is 0 Å². The Bertz CT molecular complexity index is 2650. The van der Waals surface area contributed by atoms with Gasteiger partial charge in [-0.3, -0.25) is 37.5 Å². The normalized spacial score (nSPS) is 10.2. The Balaban J connectivity index is 0.000000420. The number of hydrogen-bond donors (Lipinski definition) is 0. The lowest BCUT2D eigenvalue weighted by molar-refractivity contribution is 0.0593. The third kappa shape index (κ3) is 25.9. The maximum atomic E-state index is 10.7. The topological polar surface area (TPSA) is 243 Å². The minimum Gasteiger partial charge on any atom is -0.464 e. The van der Waals surface area contributed by atoms with Gasteiger partial charge in [0.25, 0.3) is 0 Å². The number of hydrogen-bond acceptors (Lipinski definition) is 18. The molecule has 0 N–H and O–H groups in total. The Morgan fingerprint density at radius 1 is 0.575 bits per heavy atom. The minimum absolute atomic E-state index is 0.338. The van der Waals surface area contributed by atoms with Crippen LogP contribution in [-0.2, 0) is 80.8 Å². The van der Waals surface area contributed by atoms with Gasteiger partial charge in [-0.2, -0.15) is 35.7 Å². The standard InChI is InChI=1S/C9H17N3.C8H15N3.C7H14N4.C6H8N2O2.C5H9N3.2C4H7N3.C3H4BrN3/c1-7-9(6-11(3)4)8(2)12(5)10-7;1-7-5-8(6-10(2)3)11(4)9-7;1-6-8-7(5-10(2)3)9-11(6)4;1-8-4-3-5(7-8)6(9)10-2;1-4-6-5(2)8(3)7-4;1-4-5-3-7(2)6-4;1-4-5-3-6-7(4)2;1-7-2-5-3(4)6-7/h6H2,1-5H3;5H,6H2,1-4H3;5H2,1-4H3;3-4H,1-2H3;1-3H3;2*3H,1-2H3;2H,1H3. The molecule has 0 amide bonds. The molecule has 0 unspecified atom stereocenters. The highest BCUT2D eigenvalue weighted by molar-refractivity contribution is 9.10. The second kappa shape index (κ2) is 32.3. The number of ether oxygens (including phenoxy) is 1. The predicted molar refractivity (Wildman–Crippen MR) is 284 cm³/mol. The minimum atomic E-state index is -0.402. The SMILES string of the molecule is COC(=O)c1ccn(C)n1.Cc1cc(CN(C)C)n(C)n1.Cc1nc(C)n(C)n1.Cc1nc(CN(C)C)nn1C.Cc1ncn(C)n1.Cc1ncnn1C.Cc1nn(C)c(C)c1CN(C)C.Cn1cnc(Br)n1. The summed E-state index contributed by atoms with van der Waals surface area (Å²) < 4.78 is 19.1. The van der Waals surface area contributed by atoms with E-state index in [4.69, 9.17) is 0 Å². The lowest BCUT2D eigenvalue weighted by Crippen LogP contribution is -2.13. The van der Waals surface area contributed by atoms with Gasteiger partial charge in [-0.25, -0.2) is 29.7 Å². The summed E-state index contributed by atoms with van der Waals surface area (Å²) in [5.41, 5.74) is 6.44. The average Bonchev–Trinajstić information content (AvgIpc) is 4.21. The number of methoxy groups -OCH3 is 1. The molecule has 0 radical (unpaired) electrons. The molecule has 0 aliphatic carbocycles. The van der Waals surface area contributed by atoms with Crippen molar-refractivity contribution in [3.05, 3.63) is 111 Å². The van der Waals surface area contributed by atoms with E-state index in [0.29, 0.717) is 10.4 Å². The van der Waals surface area contributed by atoms with Crippen LogP contribution in [-0.4, -0.2) is 173 Å². The van der Waals surface area contributed by atoms with Crippen LogP contribution in [0.3, 0.4) is 0 Å². The van der Waals surface area contributed by atoms with Crippen molar-refractivity contribution in [3.8, 4) is 0 Å². The van der Waals surface area contributed by atoms with Crippen molar-refractivity contribution in [2.24, 2.45) is 56.4 Å². The molecule has 0 saturated carbocycles. The highest BCUT2D eigenvalue weighted by Gasteiger charge is 2.09. The van der Waals surface area contributed by atoms with E-state index < -0.39 is 5.97 Å². The molecule has 404 valence electrons. The van der Waals surface area contributed by atoms with Crippen molar-refractivity contribution in [1.29, 1.82) is 0 Å². The number of carbonyl (C=O) groups is 1. The van der Waals surface area contributed by atoms with Crippen molar-refractivity contribution < 1.29 is 9.53 Å². The summed E-state index contributed by atoms with van der Waals surface area (Å²) in [7, 11) is 28.6. The van der Waals surface area contributed by atoms with Crippen molar-refractivity contribution in [2.45, 2.75) is 75.0 Å². The molecule has 26 nitrogen and oxygen atoms in total. The smallest absolute Gasteiger partial charge is 0.358 e. The van der Waals surface area contributed by atoms with Gasteiger partial charge in [0.1, 0.15) is 48.1 Å². The van der Waals surface area contributed by atoms with Gasteiger partial charge in [0.2, 0.25) is 4.73 Å². The van der Waals surface area contributed by atoms with Crippen LogP contribution in [0.5, 0.6) is 0 Å². The summed E-state index contributed by atoms with van der Waals surface area (Å²) >= 11 is 3.09. The third-order valence-corrected chi connectivity index (χ3v) is 9.97. The zero-order valence-corrected chi connectivity index (χ0v) is 49.1. The first kappa shape index (κ1) is 64.2. The molecule has 0 fully saturated rings. The van der Waals surface area contributed by atoms with E-state index in [1.807, 2.05) is 114 Å². The molecule has 0 saturated heterocycles. The lowest BCUT2D eigenvalue weighted by atomic mass is 10.2. The van der Waals surface area contributed by atoms with Crippen LogP contribution >= 0.6 is 15.9 Å². The van der Waals surface area contributed by atoms with Gasteiger partial charge in [0, 0.05) is 86.9 Å². The highest BCUT2D eigenvalue weighted by atomic mass is 79.9. The summed E-state index contributed by atoms with van der Waals surface area (Å²) in [5.74, 6) is 5.01. The number of carbonyl (C=O) groups excluding carboxylic acids is 1. The number of rotatable bonds is 7. The molecule has 73 heavy (non-hydrogen) atoms. The summed E-state index contributed by atoms with van der Waals surface area (Å²) in [6.07, 6.45) is 6.53. The van der Waals surface area contributed by atoms with Gasteiger partial charge in [-0.15, -0.1) is 5.10 Å². The predicted octanol–water partition coefficient (Wildman–Crippen LogP) is 3.54. The van der Waals surface area contributed by atoms with Crippen LogP contribution < -0.4 is 0 Å². The molecular weight excluding hydrogens is 1000 g/mol. The fraction of sp³-hybridized carbons (Fsp3) is 0.565. The van der Waals surface area contributed by atoms with Crippen LogP contribution in [0, 0.1) is 55.4 Å². The number of aryl methyl sites for hydroxylation is 15. The Kier molecular flexibility index (Phi) is 28.4. The van der Waals surface area contributed by atoms with Crippen molar-refractivity contribution in [1.82, 2.24) is 118 Å². The van der Waals surface area contributed by atoms with Gasteiger partial charge in [-0.1, -0.05) is 0 Å². The number of esters is 1. The van der Waals surface area contributed by atoms with Crippen LogP contribution in [0.4, 0.5) is 0 Å². The Morgan fingerprint density at radius 3 is 1.42 bits per heavy atom. The number of halogens is 1. The van der Waals surface area contributed by atoms with Gasteiger partial charge >= 0.3 is 5.97 Å². The molecule has 8 rings (SSSR count). The molecule has 0 bridgehead atoms. The van der Waals surface area contributed by atoms with Crippen molar-refractivity contribution in [3.63, 3.8) is 0 Å². The number of nitrogens with zero attached hydrogens (tertiary/aromatic N) is 24. The summed E-state index contributed by atoms with van der Waals surface area (Å²) in [5, 5.41) is 32.2. The molecule has 0 aromatic carbocycles.